The number of rotatable bonds is 6. The Labute approximate surface area is 151 Å². The highest BCUT2D eigenvalue weighted by molar-refractivity contribution is 7.89. The predicted molar refractivity (Wildman–Crippen MR) is 95.4 cm³/mol. The largest absolute Gasteiger partial charge is 0.495 e. The van der Waals surface area contributed by atoms with E-state index in [-0.39, 0.29) is 22.3 Å². The van der Waals surface area contributed by atoms with Crippen molar-refractivity contribution in [1.29, 1.82) is 5.26 Å². The minimum absolute atomic E-state index is 0.0593. The summed E-state index contributed by atoms with van der Waals surface area (Å²) in [7, 11) is -2.40. The number of hydrogen-bond donors (Lipinski definition) is 2. The van der Waals surface area contributed by atoms with Gasteiger partial charge in [0.15, 0.2) is 0 Å². The van der Waals surface area contributed by atoms with Crippen molar-refractivity contribution in [3.63, 3.8) is 0 Å². The van der Waals surface area contributed by atoms with Gasteiger partial charge in [-0.2, -0.15) is 5.26 Å². The number of carbonyl (C=O) groups excluding carboxylic acids is 1. The average molecular weight is 371 g/mol. The Hall–Kier alpha value is -2.89. The van der Waals surface area contributed by atoms with Gasteiger partial charge in [-0.1, -0.05) is 6.07 Å². The van der Waals surface area contributed by atoms with E-state index in [2.05, 4.69) is 10.0 Å². The van der Waals surface area contributed by atoms with E-state index in [1.165, 1.54) is 31.4 Å². The fraction of sp³-hybridized carbons (Fsp3) is 0.222. The van der Waals surface area contributed by atoms with Gasteiger partial charge in [0.25, 0.3) is 5.91 Å². The lowest BCUT2D eigenvalue weighted by Crippen LogP contribution is -2.26. The second-order valence-electron chi connectivity index (χ2n) is 5.91. The first-order chi connectivity index (χ1) is 12.4. The molecule has 0 heterocycles. The zero-order valence-electron chi connectivity index (χ0n) is 14.0. The van der Waals surface area contributed by atoms with E-state index < -0.39 is 15.9 Å². The van der Waals surface area contributed by atoms with Crippen LogP contribution in [0.25, 0.3) is 0 Å². The standard InChI is InChI=1S/C18H17N3O4S/c1-25-16-8-5-13(10-17(16)26(23,24)21-14-6-7-14)18(22)20-15-4-2-3-12(9-15)11-19/h2-5,8-10,14,21H,6-7H2,1H3,(H,20,22). The number of nitrogens with zero attached hydrogens (tertiary/aromatic N) is 1. The van der Waals surface area contributed by atoms with Crippen LogP contribution in [-0.2, 0) is 10.0 Å². The van der Waals surface area contributed by atoms with E-state index in [9.17, 15) is 13.2 Å². The van der Waals surface area contributed by atoms with Gasteiger partial charge in [0.1, 0.15) is 10.6 Å². The highest BCUT2D eigenvalue weighted by atomic mass is 32.2. The van der Waals surface area contributed by atoms with Gasteiger partial charge in [-0.3, -0.25) is 4.79 Å². The molecule has 0 spiro atoms. The molecule has 1 saturated carbocycles. The van der Waals surface area contributed by atoms with Crippen LogP contribution in [0.5, 0.6) is 5.75 Å². The molecule has 1 aliphatic rings. The third-order valence-corrected chi connectivity index (χ3v) is 5.41. The number of anilines is 1. The molecule has 1 amide bonds. The fourth-order valence-electron chi connectivity index (χ4n) is 2.38. The van der Waals surface area contributed by atoms with Gasteiger partial charge in [-0.15, -0.1) is 0 Å². The number of nitrogens with one attached hydrogen (secondary N) is 2. The van der Waals surface area contributed by atoms with Crippen molar-refractivity contribution in [3.05, 3.63) is 53.6 Å². The molecule has 0 aromatic heterocycles. The zero-order valence-corrected chi connectivity index (χ0v) is 14.8. The van der Waals surface area contributed by atoms with Gasteiger partial charge in [-0.05, 0) is 49.2 Å². The molecule has 0 aliphatic heterocycles. The molecule has 8 heteroatoms. The van der Waals surface area contributed by atoms with Gasteiger partial charge in [0, 0.05) is 17.3 Å². The van der Waals surface area contributed by atoms with Crippen LogP contribution in [0.3, 0.4) is 0 Å². The summed E-state index contributed by atoms with van der Waals surface area (Å²) in [5, 5.41) is 11.6. The summed E-state index contributed by atoms with van der Waals surface area (Å²) >= 11 is 0. The molecule has 2 aromatic carbocycles. The molecule has 26 heavy (non-hydrogen) atoms. The number of methoxy groups -OCH3 is 1. The van der Waals surface area contributed by atoms with Gasteiger partial charge in [0.05, 0.1) is 18.7 Å². The van der Waals surface area contributed by atoms with Crippen LogP contribution in [-0.4, -0.2) is 27.5 Å². The lowest BCUT2D eigenvalue weighted by Gasteiger charge is -2.12. The minimum atomic E-state index is -3.78. The number of carbonyl (C=O) groups is 1. The van der Waals surface area contributed by atoms with E-state index in [4.69, 9.17) is 10.00 Å². The first-order valence-corrected chi connectivity index (χ1v) is 9.43. The molecule has 0 saturated heterocycles. The van der Waals surface area contributed by atoms with Crippen LogP contribution in [0.15, 0.2) is 47.4 Å². The van der Waals surface area contributed by atoms with Crippen molar-refractivity contribution in [2.75, 3.05) is 12.4 Å². The van der Waals surface area contributed by atoms with Gasteiger partial charge < -0.3 is 10.1 Å². The maximum atomic E-state index is 12.5. The molecule has 0 radical (unpaired) electrons. The molecule has 2 aromatic rings. The Morgan fingerprint density at radius 1 is 1.23 bits per heavy atom. The van der Waals surface area contributed by atoms with Crippen molar-refractivity contribution < 1.29 is 17.9 Å². The van der Waals surface area contributed by atoms with E-state index >= 15 is 0 Å². The summed E-state index contributed by atoms with van der Waals surface area (Å²) in [5.74, 6) is -0.313. The van der Waals surface area contributed by atoms with Crippen molar-refractivity contribution >= 4 is 21.6 Å². The van der Waals surface area contributed by atoms with E-state index in [1.807, 2.05) is 6.07 Å². The van der Waals surface area contributed by atoms with Crippen LogP contribution in [0.4, 0.5) is 5.69 Å². The number of sulfonamides is 1. The van der Waals surface area contributed by atoms with Crippen LogP contribution < -0.4 is 14.8 Å². The Kier molecular flexibility index (Phi) is 4.93. The summed E-state index contributed by atoms with van der Waals surface area (Å²) in [4.78, 5) is 12.4. The van der Waals surface area contributed by atoms with E-state index in [0.717, 1.165) is 12.8 Å². The van der Waals surface area contributed by atoms with Gasteiger partial charge >= 0.3 is 0 Å². The normalized spacial score (nSPS) is 13.7. The molecular weight excluding hydrogens is 354 g/mol. The first kappa shape index (κ1) is 17.9. The minimum Gasteiger partial charge on any atom is -0.495 e. The molecule has 0 bridgehead atoms. The van der Waals surface area contributed by atoms with Gasteiger partial charge in [0.2, 0.25) is 10.0 Å². The second-order valence-corrected chi connectivity index (χ2v) is 7.59. The Morgan fingerprint density at radius 3 is 2.65 bits per heavy atom. The lowest BCUT2D eigenvalue weighted by atomic mass is 10.2. The number of hydrogen-bond acceptors (Lipinski definition) is 5. The smallest absolute Gasteiger partial charge is 0.255 e. The molecule has 134 valence electrons. The molecule has 0 unspecified atom stereocenters. The highest BCUT2D eigenvalue weighted by Gasteiger charge is 2.30. The summed E-state index contributed by atoms with van der Waals surface area (Å²) in [6.07, 6.45) is 1.61. The zero-order chi connectivity index (χ0) is 18.7. The van der Waals surface area contributed by atoms with Crippen LogP contribution in [0, 0.1) is 11.3 Å². The van der Waals surface area contributed by atoms with Crippen molar-refractivity contribution in [1.82, 2.24) is 4.72 Å². The Morgan fingerprint density at radius 2 is 2.00 bits per heavy atom. The molecule has 2 N–H and O–H groups in total. The number of ether oxygens (including phenoxy) is 1. The van der Waals surface area contributed by atoms with Gasteiger partial charge in [-0.25, -0.2) is 13.1 Å². The molecule has 7 nitrogen and oxygen atoms in total. The first-order valence-electron chi connectivity index (χ1n) is 7.95. The predicted octanol–water partition coefficient (Wildman–Crippen LogP) is 2.26. The molecule has 1 fully saturated rings. The topological polar surface area (TPSA) is 108 Å². The summed E-state index contributed by atoms with van der Waals surface area (Å²) in [6, 6.07) is 12.6. The Bertz CT molecular complexity index is 992. The molecular formula is C18H17N3O4S. The summed E-state index contributed by atoms with van der Waals surface area (Å²) < 4.78 is 32.7. The summed E-state index contributed by atoms with van der Waals surface area (Å²) in [5.41, 5.74) is 1.03. The van der Waals surface area contributed by atoms with Crippen LogP contribution in [0.2, 0.25) is 0 Å². The molecule has 0 atom stereocenters. The summed E-state index contributed by atoms with van der Waals surface area (Å²) in [6.45, 7) is 0. The third-order valence-electron chi connectivity index (χ3n) is 3.86. The second kappa shape index (κ2) is 7.15. The average Bonchev–Trinajstić information content (AvgIpc) is 3.44. The van der Waals surface area contributed by atoms with E-state index in [1.54, 1.807) is 18.2 Å². The third kappa shape index (κ3) is 4.02. The van der Waals surface area contributed by atoms with Crippen LogP contribution in [0.1, 0.15) is 28.8 Å². The highest BCUT2D eigenvalue weighted by Crippen LogP contribution is 2.28. The molecule has 3 rings (SSSR count). The van der Waals surface area contributed by atoms with Crippen molar-refractivity contribution in [3.8, 4) is 11.8 Å². The SMILES string of the molecule is COc1ccc(C(=O)Nc2cccc(C#N)c2)cc1S(=O)(=O)NC1CC1. The lowest BCUT2D eigenvalue weighted by molar-refractivity contribution is 0.102. The Balaban J connectivity index is 1.89. The van der Waals surface area contributed by atoms with E-state index in [0.29, 0.717) is 11.3 Å². The van der Waals surface area contributed by atoms with Crippen molar-refractivity contribution in [2.45, 2.75) is 23.8 Å². The maximum absolute atomic E-state index is 12.5. The molecule has 1 aliphatic carbocycles. The monoisotopic (exact) mass is 371 g/mol. The fourth-order valence-corrected chi connectivity index (χ4v) is 3.88. The van der Waals surface area contributed by atoms with Crippen LogP contribution >= 0.6 is 0 Å². The van der Waals surface area contributed by atoms with Crippen molar-refractivity contribution in [2.24, 2.45) is 0 Å². The number of benzene rings is 2. The maximum Gasteiger partial charge on any atom is 0.255 e. The number of amides is 1. The number of nitriles is 1. The quantitative estimate of drug-likeness (QED) is 0.810.